The first kappa shape index (κ1) is 12.4. The van der Waals surface area contributed by atoms with Gasteiger partial charge in [-0.25, -0.2) is 0 Å². The number of rotatable bonds is 5. The Morgan fingerprint density at radius 3 is 2.71 bits per heavy atom. The molecule has 0 saturated heterocycles. The van der Waals surface area contributed by atoms with E-state index in [0.717, 1.165) is 24.2 Å². The van der Waals surface area contributed by atoms with Gasteiger partial charge in [0.2, 0.25) is 0 Å². The number of hydrogen-bond acceptors (Lipinski definition) is 3. The largest absolute Gasteiger partial charge is 0.480 e. The maximum atomic E-state index is 10.8. The molecule has 0 radical (unpaired) electrons. The molecule has 5 nitrogen and oxygen atoms in total. The van der Waals surface area contributed by atoms with Crippen LogP contribution < -0.4 is 0 Å². The van der Waals surface area contributed by atoms with Gasteiger partial charge in [0, 0.05) is 19.6 Å². The first-order valence-electron chi connectivity index (χ1n) is 5.63. The highest BCUT2D eigenvalue weighted by Crippen LogP contribution is 2.30. The molecule has 1 aromatic heterocycles. The summed E-state index contributed by atoms with van der Waals surface area (Å²) >= 11 is 6.16. The van der Waals surface area contributed by atoms with Gasteiger partial charge in [-0.3, -0.25) is 14.4 Å². The Morgan fingerprint density at radius 2 is 2.29 bits per heavy atom. The van der Waals surface area contributed by atoms with Crippen LogP contribution in [0.3, 0.4) is 0 Å². The van der Waals surface area contributed by atoms with Crippen LogP contribution in [0.25, 0.3) is 0 Å². The molecule has 17 heavy (non-hydrogen) atoms. The van der Waals surface area contributed by atoms with E-state index < -0.39 is 5.97 Å². The molecule has 0 amide bonds. The van der Waals surface area contributed by atoms with Crippen LogP contribution in [0.5, 0.6) is 0 Å². The SMILES string of the molecule is Cc1nn(C)c(CN(CC(=O)O)C2CC2)c1Cl. The standard InChI is InChI=1S/C11H16ClN3O2/c1-7-11(12)9(14(2)13-7)5-15(6-10(16)17)8-3-4-8/h8H,3-6H2,1-2H3,(H,16,17). The van der Waals surface area contributed by atoms with Gasteiger partial charge in [-0.05, 0) is 19.8 Å². The average Bonchev–Trinajstić information content (AvgIpc) is 3.02. The summed E-state index contributed by atoms with van der Waals surface area (Å²) in [6.45, 7) is 2.46. The lowest BCUT2D eigenvalue weighted by molar-refractivity contribution is -0.138. The van der Waals surface area contributed by atoms with E-state index >= 15 is 0 Å². The van der Waals surface area contributed by atoms with E-state index in [2.05, 4.69) is 5.10 Å². The molecule has 0 atom stereocenters. The minimum Gasteiger partial charge on any atom is -0.480 e. The third-order valence-corrected chi connectivity index (χ3v) is 3.51. The summed E-state index contributed by atoms with van der Waals surface area (Å²) < 4.78 is 1.73. The molecule has 1 N–H and O–H groups in total. The lowest BCUT2D eigenvalue weighted by Gasteiger charge is -2.19. The molecule has 1 aliphatic rings. The molecule has 0 aromatic carbocycles. The third-order valence-electron chi connectivity index (χ3n) is 3.02. The molecule has 1 saturated carbocycles. The Bertz CT molecular complexity index is 440. The van der Waals surface area contributed by atoms with Crippen LogP contribution in [-0.4, -0.2) is 38.3 Å². The van der Waals surface area contributed by atoms with Crippen molar-refractivity contribution in [1.29, 1.82) is 0 Å². The van der Waals surface area contributed by atoms with E-state index in [0.29, 0.717) is 17.6 Å². The number of aliphatic carboxylic acids is 1. The van der Waals surface area contributed by atoms with Crippen LogP contribution in [-0.2, 0) is 18.4 Å². The fraction of sp³-hybridized carbons (Fsp3) is 0.636. The van der Waals surface area contributed by atoms with Gasteiger partial charge in [0.1, 0.15) is 0 Å². The van der Waals surface area contributed by atoms with Crippen molar-refractivity contribution in [1.82, 2.24) is 14.7 Å². The molecule has 1 aliphatic carbocycles. The number of nitrogens with zero attached hydrogens (tertiary/aromatic N) is 3. The summed E-state index contributed by atoms with van der Waals surface area (Å²) in [7, 11) is 1.83. The summed E-state index contributed by atoms with van der Waals surface area (Å²) in [6, 6.07) is 0.386. The zero-order valence-electron chi connectivity index (χ0n) is 9.98. The van der Waals surface area contributed by atoms with E-state index in [-0.39, 0.29) is 6.54 Å². The van der Waals surface area contributed by atoms with Crippen molar-refractivity contribution in [2.75, 3.05) is 6.54 Å². The van der Waals surface area contributed by atoms with Gasteiger partial charge in [-0.2, -0.15) is 5.10 Å². The smallest absolute Gasteiger partial charge is 0.317 e. The van der Waals surface area contributed by atoms with Crippen LogP contribution in [0.4, 0.5) is 0 Å². The minimum absolute atomic E-state index is 0.0607. The monoisotopic (exact) mass is 257 g/mol. The molecule has 6 heteroatoms. The highest BCUT2D eigenvalue weighted by Gasteiger charge is 2.31. The highest BCUT2D eigenvalue weighted by atomic mass is 35.5. The average molecular weight is 258 g/mol. The molecule has 94 valence electrons. The summed E-state index contributed by atoms with van der Waals surface area (Å²) in [5.74, 6) is -0.799. The van der Waals surface area contributed by atoms with Gasteiger partial charge in [-0.1, -0.05) is 11.6 Å². The first-order chi connectivity index (χ1) is 7.99. The molecule has 0 spiro atoms. The number of aryl methyl sites for hydroxylation is 2. The molecular formula is C11H16ClN3O2. The molecule has 2 rings (SSSR count). The van der Waals surface area contributed by atoms with Crippen molar-refractivity contribution in [3.05, 3.63) is 16.4 Å². The van der Waals surface area contributed by atoms with Crippen LogP contribution in [0.15, 0.2) is 0 Å². The Labute approximate surface area is 105 Å². The number of carboxylic acids is 1. The van der Waals surface area contributed by atoms with Crippen molar-refractivity contribution in [3.63, 3.8) is 0 Å². The highest BCUT2D eigenvalue weighted by molar-refractivity contribution is 6.31. The number of carboxylic acid groups (broad SMARTS) is 1. The van der Waals surface area contributed by atoms with Crippen molar-refractivity contribution in [2.24, 2.45) is 7.05 Å². The van der Waals surface area contributed by atoms with Crippen molar-refractivity contribution < 1.29 is 9.90 Å². The zero-order valence-corrected chi connectivity index (χ0v) is 10.7. The minimum atomic E-state index is -0.799. The second-order valence-corrected chi connectivity index (χ2v) is 4.88. The van der Waals surface area contributed by atoms with Crippen molar-refractivity contribution >= 4 is 17.6 Å². The van der Waals surface area contributed by atoms with Crippen LogP contribution in [0.2, 0.25) is 5.02 Å². The second-order valence-electron chi connectivity index (χ2n) is 4.50. The summed E-state index contributed by atoms with van der Waals surface area (Å²) in [5.41, 5.74) is 1.67. The predicted molar refractivity (Wildman–Crippen MR) is 64.0 cm³/mol. The third kappa shape index (κ3) is 2.79. The van der Waals surface area contributed by atoms with Gasteiger partial charge in [0.25, 0.3) is 0 Å². The lowest BCUT2D eigenvalue weighted by atomic mass is 10.3. The molecule has 0 unspecified atom stereocenters. The van der Waals surface area contributed by atoms with Crippen LogP contribution >= 0.6 is 11.6 Å². The van der Waals surface area contributed by atoms with Gasteiger partial charge < -0.3 is 5.11 Å². The van der Waals surface area contributed by atoms with E-state index in [1.54, 1.807) is 4.68 Å². The maximum Gasteiger partial charge on any atom is 0.317 e. The van der Waals surface area contributed by atoms with Crippen molar-refractivity contribution in [2.45, 2.75) is 32.4 Å². The van der Waals surface area contributed by atoms with E-state index in [1.165, 1.54) is 0 Å². The van der Waals surface area contributed by atoms with Gasteiger partial charge in [-0.15, -0.1) is 0 Å². The predicted octanol–water partition coefficient (Wildman–Crippen LogP) is 1.43. The fourth-order valence-corrected chi connectivity index (χ4v) is 2.19. The van der Waals surface area contributed by atoms with E-state index in [1.807, 2.05) is 18.9 Å². The quantitative estimate of drug-likeness (QED) is 0.867. The van der Waals surface area contributed by atoms with E-state index in [9.17, 15) is 4.79 Å². The molecule has 0 aliphatic heterocycles. The Kier molecular flexibility index (Phi) is 3.40. The Balaban J connectivity index is 2.13. The van der Waals surface area contributed by atoms with Crippen LogP contribution in [0, 0.1) is 6.92 Å². The zero-order chi connectivity index (χ0) is 12.6. The van der Waals surface area contributed by atoms with Gasteiger partial charge in [0.05, 0.1) is 23.0 Å². The molecular weight excluding hydrogens is 242 g/mol. The molecule has 0 bridgehead atoms. The first-order valence-corrected chi connectivity index (χ1v) is 6.00. The lowest BCUT2D eigenvalue weighted by Crippen LogP contribution is -2.32. The number of halogens is 1. The summed E-state index contributed by atoms with van der Waals surface area (Å²) in [6.07, 6.45) is 2.14. The van der Waals surface area contributed by atoms with E-state index in [4.69, 9.17) is 16.7 Å². The Hall–Kier alpha value is -1.07. The summed E-state index contributed by atoms with van der Waals surface area (Å²) in [5, 5.41) is 13.8. The summed E-state index contributed by atoms with van der Waals surface area (Å²) in [4.78, 5) is 12.8. The topological polar surface area (TPSA) is 58.4 Å². The number of hydrogen-bond donors (Lipinski definition) is 1. The van der Waals surface area contributed by atoms with Crippen molar-refractivity contribution in [3.8, 4) is 0 Å². The normalized spacial score (nSPS) is 15.5. The van der Waals surface area contributed by atoms with Gasteiger partial charge >= 0.3 is 5.97 Å². The molecule has 1 aromatic rings. The molecule has 1 heterocycles. The Morgan fingerprint density at radius 1 is 1.65 bits per heavy atom. The number of carbonyl (C=O) groups is 1. The number of aromatic nitrogens is 2. The molecule has 1 fully saturated rings. The van der Waals surface area contributed by atoms with Gasteiger partial charge in [0.15, 0.2) is 0 Å². The second kappa shape index (κ2) is 4.66. The fourth-order valence-electron chi connectivity index (χ4n) is 1.97. The maximum absolute atomic E-state index is 10.8. The van der Waals surface area contributed by atoms with Crippen LogP contribution in [0.1, 0.15) is 24.2 Å².